The smallest absolute Gasteiger partial charge is 0.250 e. The van der Waals surface area contributed by atoms with Crippen molar-refractivity contribution in [3.8, 4) is 11.1 Å². The molecule has 5 rings (SSSR count). The number of anilines is 1. The van der Waals surface area contributed by atoms with Gasteiger partial charge in [-0.05, 0) is 59.9 Å². The van der Waals surface area contributed by atoms with Gasteiger partial charge in [0.25, 0.3) is 11.8 Å². The van der Waals surface area contributed by atoms with Gasteiger partial charge in [0.05, 0.1) is 23.9 Å². The van der Waals surface area contributed by atoms with Crippen LogP contribution in [0, 0.1) is 6.92 Å². The normalized spacial score (nSPS) is 14.2. The Morgan fingerprint density at radius 3 is 2.67 bits per heavy atom. The van der Waals surface area contributed by atoms with E-state index in [2.05, 4.69) is 16.5 Å². The Morgan fingerprint density at radius 2 is 2.05 bits per heavy atom. The minimum atomic E-state index is -3.28. The zero-order chi connectivity index (χ0) is 28.6. The molecule has 206 valence electrons. The number of hydrogen-bond acceptors (Lipinski definition) is 6. The van der Waals surface area contributed by atoms with E-state index in [0.29, 0.717) is 30.6 Å². The predicted molar refractivity (Wildman–Crippen MR) is 160 cm³/mol. The summed E-state index contributed by atoms with van der Waals surface area (Å²) in [5, 5.41) is 3.48. The number of nitrogens with zero attached hydrogens (tertiary/aromatic N) is 3. The summed E-state index contributed by atoms with van der Waals surface area (Å²) in [6.45, 7) is 6.62. The molecule has 0 atom stereocenters. The standard InChI is InChI=1S/C29H29N5O4S2/c1-4-27(35)34(17-26-31-12-15-39-26)25-7-5-6-20(18(25)2)21-8-9-22(29(30)36)28-23(21)16-24(32-28)19-10-13-33(14-11-19)40(3,37)38/h4-10,12,15-16,32H,1,11,13-14,17H2,2-3H3,(H2,30,36). The van der Waals surface area contributed by atoms with Gasteiger partial charge in [0.1, 0.15) is 5.01 Å². The Balaban J connectivity index is 1.62. The zero-order valence-electron chi connectivity index (χ0n) is 22.2. The van der Waals surface area contributed by atoms with E-state index < -0.39 is 15.9 Å². The van der Waals surface area contributed by atoms with Crippen molar-refractivity contribution in [2.75, 3.05) is 24.2 Å². The minimum absolute atomic E-state index is 0.235. The van der Waals surface area contributed by atoms with Gasteiger partial charge < -0.3 is 15.6 Å². The third-order valence-electron chi connectivity index (χ3n) is 7.15. The molecule has 0 bridgehead atoms. The molecule has 2 aromatic carbocycles. The second-order valence-electron chi connectivity index (χ2n) is 9.60. The summed E-state index contributed by atoms with van der Waals surface area (Å²) in [5.74, 6) is -0.788. The highest BCUT2D eigenvalue weighted by molar-refractivity contribution is 7.88. The Labute approximate surface area is 236 Å². The van der Waals surface area contributed by atoms with Crippen LogP contribution in [-0.2, 0) is 21.4 Å². The molecule has 40 heavy (non-hydrogen) atoms. The van der Waals surface area contributed by atoms with Gasteiger partial charge in [-0.2, -0.15) is 4.31 Å². The average Bonchev–Trinajstić information content (AvgIpc) is 3.61. The van der Waals surface area contributed by atoms with E-state index in [4.69, 9.17) is 5.73 Å². The van der Waals surface area contributed by atoms with Gasteiger partial charge in [-0.3, -0.25) is 9.59 Å². The van der Waals surface area contributed by atoms with E-state index in [9.17, 15) is 18.0 Å². The molecule has 2 aromatic heterocycles. The number of carbonyl (C=O) groups excluding carboxylic acids is 2. The quantitative estimate of drug-likeness (QED) is 0.300. The fraction of sp³-hybridized carbons (Fsp3) is 0.207. The zero-order valence-corrected chi connectivity index (χ0v) is 23.8. The van der Waals surface area contributed by atoms with E-state index in [1.807, 2.05) is 48.7 Å². The lowest BCUT2D eigenvalue weighted by atomic mass is 9.94. The first kappa shape index (κ1) is 27.5. The van der Waals surface area contributed by atoms with Crippen molar-refractivity contribution in [3.63, 3.8) is 0 Å². The number of amides is 2. The van der Waals surface area contributed by atoms with Gasteiger partial charge >= 0.3 is 0 Å². The molecule has 0 aliphatic carbocycles. The van der Waals surface area contributed by atoms with Crippen molar-refractivity contribution < 1.29 is 18.0 Å². The molecule has 4 aromatic rings. The highest BCUT2D eigenvalue weighted by Gasteiger charge is 2.24. The number of H-pyrrole nitrogens is 1. The Bertz CT molecular complexity index is 1770. The maximum atomic E-state index is 12.9. The molecule has 0 saturated heterocycles. The highest BCUT2D eigenvalue weighted by Crippen LogP contribution is 2.38. The summed E-state index contributed by atoms with van der Waals surface area (Å²) >= 11 is 1.48. The van der Waals surface area contributed by atoms with Gasteiger partial charge in [0.2, 0.25) is 10.0 Å². The van der Waals surface area contributed by atoms with E-state index in [1.165, 1.54) is 28.0 Å². The topological polar surface area (TPSA) is 129 Å². The largest absolute Gasteiger partial charge is 0.366 e. The molecular weight excluding hydrogens is 546 g/mol. The van der Waals surface area contributed by atoms with Crippen LogP contribution in [0.4, 0.5) is 5.69 Å². The molecule has 0 unspecified atom stereocenters. The summed E-state index contributed by atoms with van der Waals surface area (Å²) in [5.41, 5.74) is 11.8. The Hall–Kier alpha value is -4.06. The van der Waals surface area contributed by atoms with Gasteiger partial charge in [0, 0.05) is 41.4 Å². The van der Waals surface area contributed by atoms with E-state index in [0.717, 1.165) is 44.0 Å². The molecule has 0 fully saturated rings. The number of sulfonamides is 1. The second kappa shape index (κ2) is 10.8. The number of rotatable bonds is 8. The highest BCUT2D eigenvalue weighted by atomic mass is 32.2. The van der Waals surface area contributed by atoms with Gasteiger partial charge in [-0.15, -0.1) is 11.3 Å². The van der Waals surface area contributed by atoms with Crippen molar-refractivity contribution in [1.29, 1.82) is 0 Å². The number of nitrogens with one attached hydrogen (secondary N) is 1. The summed E-state index contributed by atoms with van der Waals surface area (Å²) in [7, 11) is -3.28. The summed E-state index contributed by atoms with van der Waals surface area (Å²) in [6.07, 6.45) is 6.63. The summed E-state index contributed by atoms with van der Waals surface area (Å²) < 4.78 is 25.3. The lowest BCUT2D eigenvalue weighted by molar-refractivity contribution is -0.114. The fourth-order valence-corrected chi connectivity index (χ4v) is 6.47. The first-order valence-electron chi connectivity index (χ1n) is 12.6. The van der Waals surface area contributed by atoms with E-state index in [1.54, 1.807) is 17.2 Å². The minimum Gasteiger partial charge on any atom is -0.366 e. The van der Waals surface area contributed by atoms with Crippen molar-refractivity contribution >= 4 is 55.3 Å². The lowest BCUT2D eigenvalue weighted by Crippen LogP contribution is -2.33. The van der Waals surface area contributed by atoms with Crippen molar-refractivity contribution in [1.82, 2.24) is 14.3 Å². The lowest BCUT2D eigenvalue weighted by Gasteiger charge is -2.24. The number of aromatic nitrogens is 2. The monoisotopic (exact) mass is 575 g/mol. The molecule has 11 heteroatoms. The van der Waals surface area contributed by atoms with Crippen molar-refractivity contribution in [2.45, 2.75) is 19.9 Å². The maximum absolute atomic E-state index is 12.9. The van der Waals surface area contributed by atoms with Gasteiger partial charge in [-0.25, -0.2) is 13.4 Å². The first-order valence-corrected chi connectivity index (χ1v) is 15.3. The van der Waals surface area contributed by atoms with Crippen LogP contribution >= 0.6 is 11.3 Å². The molecule has 3 heterocycles. The molecule has 0 spiro atoms. The van der Waals surface area contributed by atoms with Crippen molar-refractivity contribution in [2.24, 2.45) is 5.73 Å². The molecule has 9 nitrogen and oxygen atoms in total. The predicted octanol–water partition coefficient (Wildman–Crippen LogP) is 4.47. The second-order valence-corrected chi connectivity index (χ2v) is 12.6. The molecule has 2 amide bonds. The number of carbonyl (C=O) groups is 2. The maximum Gasteiger partial charge on any atom is 0.250 e. The third-order valence-corrected chi connectivity index (χ3v) is 9.18. The molecule has 1 aliphatic heterocycles. The van der Waals surface area contributed by atoms with Gasteiger partial charge in [-0.1, -0.05) is 30.9 Å². The number of fused-ring (bicyclic) bond motifs is 1. The average molecular weight is 576 g/mol. The number of nitrogens with two attached hydrogens (primary N) is 1. The van der Waals surface area contributed by atoms with Crippen LogP contribution in [0.3, 0.4) is 0 Å². The number of hydrogen-bond donors (Lipinski definition) is 2. The first-order chi connectivity index (χ1) is 19.1. The van der Waals surface area contributed by atoms with Crippen molar-refractivity contribution in [3.05, 3.63) is 88.5 Å². The molecule has 0 saturated carbocycles. The number of aromatic amines is 1. The molecule has 1 aliphatic rings. The van der Waals surface area contributed by atoms with Crippen LogP contribution in [0.5, 0.6) is 0 Å². The van der Waals surface area contributed by atoms with E-state index in [-0.39, 0.29) is 12.5 Å². The molecular formula is C29H29N5O4S2. The van der Waals surface area contributed by atoms with Crippen LogP contribution in [0.25, 0.3) is 27.6 Å². The van der Waals surface area contributed by atoms with Gasteiger partial charge in [0.15, 0.2) is 0 Å². The number of benzene rings is 2. The van der Waals surface area contributed by atoms with Crippen LogP contribution in [-0.4, -0.2) is 53.9 Å². The van der Waals surface area contributed by atoms with Crippen LogP contribution in [0.15, 0.2) is 66.7 Å². The SMILES string of the molecule is C=CC(=O)N(Cc1nccs1)c1cccc(-c2ccc(C(N)=O)c3[nH]c(C4=CCN(S(C)(=O)=O)CC4)cc23)c1C. The Kier molecular flexibility index (Phi) is 7.45. The summed E-state index contributed by atoms with van der Waals surface area (Å²) in [6, 6.07) is 11.3. The van der Waals surface area contributed by atoms with E-state index >= 15 is 0 Å². The van der Waals surface area contributed by atoms with Crippen LogP contribution in [0.2, 0.25) is 0 Å². The van der Waals surface area contributed by atoms with Crippen LogP contribution < -0.4 is 10.6 Å². The number of thiazole rings is 1. The number of primary amides is 1. The fourth-order valence-electron chi connectivity index (χ4n) is 5.09. The third kappa shape index (κ3) is 5.23. The summed E-state index contributed by atoms with van der Waals surface area (Å²) in [4.78, 5) is 34.6. The Morgan fingerprint density at radius 1 is 1.25 bits per heavy atom. The molecule has 0 radical (unpaired) electrons. The molecule has 3 N–H and O–H groups in total. The van der Waals surface area contributed by atoms with Crippen LogP contribution in [0.1, 0.15) is 33.0 Å².